The van der Waals surface area contributed by atoms with Crippen LogP contribution in [-0.2, 0) is 15.6 Å². The summed E-state index contributed by atoms with van der Waals surface area (Å²) in [5.41, 5.74) is 1.02. The van der Waals surface area contributed by atoms with Crippen molar-refractivity contribution in [3.05, 3.63) is 35.9 Å². The molecule has 0 saturated carbocycles. The van der Waals surface area contributed by atoms with E-state index >= 15 is 0 Å². The van der Waals surface area contributed by atoms with Crippen molar-refractivity contribution < 1.29 is 9.00 Å². The van der Waals surface area contributed by atoms with Gasteiger partial charge in [-0.1, -0.05) is 30.3 Å². The topological polar surface area (TPSA) is 49.4 Å². The molecule has 1 amide bonds. The van der Waals surface area contributed by atoms with E-state index in [1.807, 2.05) is 42.2 Å². The van der Waals surface area contributed by atoms with Crippen molar-refractivity contribution in [2.24, 2.45) is 0 Å². The Balaban J connectivity index is 1.77. The maximum Gasteiger partial charge on any atom is 0.245 e. The van der Waals surface area contributed by atoms with Gasteiger partial charge in [-0.3, -0.25) is 14.3 Å². The van der Waals surface area contributed by atoms with Gasteiger partial charge < -0.3 is 4.90 Å². The molecule has 4 nitrogen and oxygen atoms in total. The Bertz CT molecular complexity index is 510. The molecule has 2 aliphatic heterocycles. The quantitative estimate of drug-likeness (QED) is 0.897. The fourth-order valence-electron chi connectivity index (χ4n) is 3.17. The molecular weight excluding hydrogens is 272 g/mol. The molecule has 2 unspecified atom stereocenters. The number of carbonyl (C=O) groups excluding carboxylic acids is 1. The van der Waals surface area contributed by atoms with Crippen LogP contribution in [0.1, 0.15) is 31.4 Å². The average molecular weight is 292 g/mol. The Labute approximate surface area is 122 Å². The molecule has 0 aliphatic carbocycles. The Hall–Kier alpha value is -1.20. The molecule has 5 heteroatoms. The molecule has 2 atom stereocenters. The van der Waals surface area contributed by atoms with Gasteiger partial charge in [-0.2, -0.15) is 0 Å². The molecular formula is C15H20N2O2S. The maximum absolute atomic E-state index is 12.7. The normalized spacial score (nSPS) is 34.5. The van der Waals surface area contributed by atoms with Crippen LogP contribution in [0.3, 0.4) is 0 Å². The lowest BCUT2D eigenvalue weighted by molar-refractivity contribution is -0.132. The minimum atomic E-state index is -0.687. The molecule has 0 aromatic heterocycles. The first-order chi connectivity index (χ1) is 9.66. The number of amides is 1. The van der Waals surface area contributed by atoms with E-state index < -0.39 is 10.8 Å². The van der Waals surface area contributed by atoms with Crippen LogP contribution in [-0.4, -0.2) is 38.7 Å². The summed E-state index contributed by atoms with van der Waals surface area (Å²) in [6.45, 7) is 2.03. The maximum atomic E-state index is 12.7. The highest BCUT2D eigenvalue weighted by molar-refractivity contribution is 7.85. The van der Waals surface area contributed by atoms with E-state index in [9.17, 15) is 9.00 Å². The molecule has 0 spiro atoms. The van der Waals surface area contributed by atoms with Gasteiger partial charge in [0.1, 0.15) is 6.04 Å². The van der Waals surface area contributed by atoms with Gasteiger partial charge in [0.05, 0.1) is 6.17 Å². The van der Waals surface area contributed by atoms with E-state index in [0.29, 0.717) is 0 Å². The van der Waals surface area contributed by atoms with Gasteiger partial charge in [-0.15, -0.1) is 0 Å². The Morgan fingerprint density at radius 1 is 1.20 bits per heavy atom. The second-order valence-electron chi connectivity index (χ2n) is 5.51. The van der Waals surface area contributed by atoms with E-state index in [-0.39, 0.29) is 24.2 Å². The van der Waals surface area contributed by atoms with Crippen molar-refractivity contribution in [3.63, 3.8) is 0 Å². The smallest absolute Gasteiger partial charge is 0.245 e. The molecule has 1 N–H and O–H groups in total. The fourth-order valence-corrected chi connectivity index (χ4v) is 4.45. The van der Waals surface area contributed by atoms with Crippen LogP contribution in [0.25, 0.3) is 0 Å². The van der Waals surface area contributed by atoms with Crippen LogP contribution in [0.4, 0.5) is 0 Å². The van der Waals surface area contributed by atoms with Gasteiger partial charge in [0.2, 0.25) is 5.91 Å². The van der Waals surface area contributed by atoms with Crippen molar-refractivity contribution in [1.82, 2.24) is 10.2 Å². The molecule has 2 saturated heterocycles. The van der Waals surface area contributed by atoms with Crippen molar-refractivity contribution in [2.75, 3.05) is 11.5 Å². The number of carbonyl (C=O) groups is 1. The summed E-state index contributed by atoms with van der Waals surface area (Å²) in [7, 11) is -0.687. The number of nitrogens with one attached hydrogen (secondary N) is 1. The number of nitrogens with zero attached hydrogens (tertiary/aromatic N) is 1. The van der Waals surface area contributed by atoms with Gasteiger partial charge >= 0.3 is 0 Å². The van der Waals surface area contributed by atoms with Crippen LogP contribution >= 0.6 is 0 Å². The SMILES string of the molecule is CC1NC(c2ccccc2)C(=O)N1C1CCS(=O)CC1. The van der Waals surface area contributed by atoms with Gasteiger partial charge in [-0.05, 0) is 25.3 Å². The zero-order valence-electron chi connectivity index (χ0n) is 11.6. The largest absolute Gasteiger partial charge is 0.323 e. The molecule has 2 heterocycles. The number of benzene rings is 1. The summed E-state index contributed by atoms with van der Waals surface area (Å²) in [6.07, 6.45) is 1.75. The number of hydrogen-bond acceptors (Lipinski definition) is 3. The molecule has 2 aliphatic rings. The summed E-state index contributed by atoms with van der Waals surface area (Å²) >= 11 is 0. The van der Waals surface area contributed by atoms with Crippen LogP contribution < -0.4 is 5.32 Å². The Morgan fingerprint density at radius 3 is 2.50 bits per heavy atom. The molecule has 2 fully saturated rings. The lowest BCUT2D eigenvalue weighted by atomic mass is 10.1. The van der Waals surface area contributed by atoms with Crippen molar-refractivity contribution in [1.29, 1.82) is 0 Å². The van der Waals surface area contributed by atoms with Crippen LogP contribution in [0.15, 0.2) is 30.3 Å². The van der Waals surface area contributed by atoms with E-state index in [4.69, 9.17) is 0 Å². The monoisotopic (exact) mass is 292 g/mol. The highest BCUT2D eigenvalue weighted by Gasteiger charge is 2.41. The van der Waals surface area contributed by atoms with Crippen molar-refractivity contribution in [2.45, 2.75) is 38.0 Å². The van der Waals surface area contributed by atoms with Crippen molar-refractivity contribution >= 4 is 16.7 Å². The van der Waals surface area contributed by atoms with E-state index in [1.165, 1.54) is 0 Å². The zero-order valence-corrected chi connectivity index (χ0v) is 12.4. The standard InChI is InChI=1S/C15H20N2O2S/c1-11-16-14(12-5-3-2-4-6-12)15(18)17(11)13-7-9-20(19)10-8-13/h2-6,11,13-14,16H,7-10H2,1H3. The highest BCUT2D eigenvalue weighted by atomic mass is 32.2. The summed E-state index contributed by atoms with van der Waals surface area (Å²) in [6, 6.07) is 9.85. The second kappa shape index (κ2) is 5.66. The van der Waals surface area contributed by atoms with E-state index in [1.54, 1.807) is 0 Å². The molecule has 108 valence electrons. The third-order valence-electron chi connectivity index (χ3n) is 4.21. The van der Waals surface area contributed by atoms with Gasteiger partial charge in [0.25, 0.3) is 0 Å². The minimum absolute atomic E-state index is 0.0456. The molecule has 3 rings (SSSR count). The summed E-state index contributed by atoms with van der Waals surface area (Å²) in [4.78, 5) is 14.7. The number of hydrogen-bond donors (Lipinski definition) is 1. The zero-order chi connectivity index (χ0) is 14.1. The summed E-state index contributed by atoms with van der Waals surface area (Å²) in [5.74, 6) is 1.59. The van der Waals surface area contributed by atoms with Gasteiger partial charge in [0, 0.05) is 28.3 Å². The lowest BCUT2D eigenvalue weighted by Crippen LogP contribution is -2.46. The molecule has 0 bridgehead atoms. The first kappa shape index (κ1) is 13.8. The first-order valence-corrected chi connectivity index (χ1v) is 8.64. The van der Waals surface area contributed by atoms with Crippen LogP contribution in [0.2, 0.25) is 0 Å². The predicted molar refractivity (Wildman–Crippen MR) is 79.5 cm³/mol. The first-order valence-electron chi connectivity index (χ1n) is 7.15. The summed E-state index contributed by atoms with van der Waals surface area (Å²) < 4.78 is 11.5. The average Bonchev–Trinajstić information content (AvgIpc) is 2.76. The third kappa shape index (κ3) is 2.52. The Morgan fingerprint density at radius 2 is 1.85 bits per heavy atom. The molecule has 1 aromatic rings. The lowest BCUT2D eigenvalue weighted by Gasteiger charge is -2.33. The summed E-state index contributed by atoms with van der Waals surface area (Å²) in [5, 5.41) is 3.38. The van der Waals surface area contributed by atoms with Gasteiger partial charge in [0.15, 0.2) is 0 Å². The van der Waals surface area contributed by atoms with Crippen LogP contribution in [0.5, 0.6) is 0 Å². The van der Waals surface area contributed by atoms with E-state index in [2.05, 4.69) is 5.32 Å². The van der Waals surface area contributed by atoms with Gasteiger partial charge in [-0.25, -0.2) is 0 Å². The van der Waals surface area contributed by atoms with E-state index in [0.717, 1.165) is 29.9 Å². The van der Waals surface area contributed by atoms with Crippen LogP contribution in [0, 0.1) is 0 Å². The third-order valence-corrected chi connectivity index (χ3v) is 5.59. The predicted octanol–water partition coefficient (Wildman–Crippen LogP) is 1.42. The molecule has 1 aromatic carbocycles. The highest BCUT2D eigenvalue weighted by Crippen LogP contribution is 2.29. The minimum Gasteiger partial charge on any atom is -0.323 e. The number of rotatable bonds is 2. The fraction of sp³-hybridized carbons (Fsp3) is 0.533. The van der Waals surface area contributed by atoms with Crippen molar-refractivity contribution in [3.8, 4) is 0 Å². The second-order valence-corrected chi connectivity index (χ2v) is 7.21. The molecule has 20 heavy (non-hydrogen) atoms. The Kier molecular flexibility index (Phi) is 3.89. The molecule has 0 radical (unpaired) electrons.